The van der Waals surface area contributed by atoms with E-state index in [1.165, 1.54) is 17.3 Å². The van der Waals surface area contributed by atoms with Crippen molar-refractivity contribution in [2.24, 2.45) is 0 Å². The van der Waals surface area contributed by atoms with Crippen LogP contribution in [0.1, 0.15) is 44.1 Å². The fourth-order valence-electron chi connectivity index (χ4n) is 2.22. The van der Waals surface area contributed by atoms with E-state index >= 15 is 0 Å². The summed E-state index contributed by atoms with van der Waals surface area (Å²) in [4.78, 5) is 33.9. The van der Waals surface area contributed by atoms with E-state index in [-0.39, 0.29) is 22.7 Å². The zero-order chi connectivity index (χ0) is 15.6. The summed E-state index contributed by atoms with van der Waals surface area (Å²) in [7, 11) is 0. The molecule has 1 aromatic rings. The molecule has 1 aliphatic heterocycles. The Morgan fingerprint density at radius 1 is 1.38 bits per heavy atom. The number of likely N-dealkylation sites (tertiary alicyclic amines) is 1. The minimum Gasteiger partial charge on any atom is -0.458 e. The Labute approximate surface area is 128 Å². The highest BCUT2D eigenvalue weighted by atomic mass is 35.5. The molecule has 1 atom stereocenters. The summed E-state index contributed by atoms with van der Waals surface area (Å²) in [6.45, 7) is 5.90. The summed E-state index contributed by atoms with van der Waals surface area (Å²) in [5.41, 5.74) is -0.442. The fourth-order valence-corrected chi connectivity index (χ4v) is 2.36. The van der Waals surface area contributed by atoms with Crippen LogP contribution in [0.3, 0.4) is 0 Å². The molecule has 1 amide bonds. The molecule has 1 aromatic heterocycles. The van der Waals surface area contributed by atoms with Crippen LogP contribution in [0.5, 0.6) is 0 Å². The minimum atomic E-state index is -0.579. The normalized spacial score (nSPS) is 18.7. The van der Waals surface area contributed by atoms with Crippen LogP contribution in [0.2, 0.25) is 5.15 Å². The predicted octanol–water partition coefficient (Wildman–Crippen LogP) is 2.08. The van der Waals surface area contributed by atoms with Crippen molar-refractivity contribution in [2.75, 3.05) is 6.54 Å². The summed E-state index contributed by atoms with van der Waals surface area (Å²) in [5, 5.41) is 0.147. The molecule has 1 saturated heterocycles. The summed E-state index contributed by atoms with van der Waals surface area (Å²) < 4.78 is 5.37. The molecule has 6 nitrogen and oxygen atoms in total. The van der Waals surface area contributed by atoms with Crippen LogP contribution in [-0.2, 0) is 9.53 Å². The molecule has 114 valence electrons. The number of amides is 1. The van der Waals surface area contributed by atoms with Gasteiger partial charge in [-0.15, -0.1) is 0 Å². The molecule has 0 aromatic carbocycles. The van der Waals surface area contributed by atoms with Gasteiger partial charge in [0.05, 0.1) is 12.4 Å². The number of halogens is 1. The van der Waals surface area contributed by atoms with Crippen LogP contribution < -0.4 is 0 Å². The average Bonchev–Trinajstić information content (AvgIpc) is 2.85. The second-order valence-corrected chi connectivity index (χ2v) is 6.30. The highest BCUT2D eigenvalue weighted by Gasteiger charge is 2.37. The smallest absolute Gasteiger partial charge is 0.329 e. The van der Waals surface area contributed by atoms with Gasteiger partial charge in [-0.1, -0.05) is 11.6 Å². The Balaban J connectivity index is 2.15. The molecular weight excluding hydrogens is 294 g/mol. The minimum absolute atomic E-state index is 0.137. The summed E-state index contributed by atoms with van der Waals surface area (Å²) in [5.74, 6) is -0.735. The van der Waals surface area contributed by atoms with Crippen molar-refractivity contribution in [1.82, 2.24) is 14.9 Å². The van der Waals surface area contributed by atoms with Gasteiger partial charge in [0.15, 0.2) is 0 Å². The van der Waals surface area contributed by atoms with Crippen molar-refractivity contribution in [3.8, 4) is 0 Å². The van der Waals surface area contributed by atoms with Gasteiger partial charge in [0.25, 0.3) is 5.91 Å². The molecule has 0 saturated carbocycles. The van der Waals surface area contributed by atoms with Crippen LogP contribution in [-0.4, -0.2) is 44.9 Å². The van der Waals surface area contributed by atoms with Crippen LogP contribution in [0.25, 0.3) is 0 Å². The van der Waals surface area contributed by atoms with Crippen molar-refractivity contribution in [1.29, 1.82) is 0 Å². The lowest BCUT2D eigenvalue weighted by Crippen LogP contribution is -2.43. The van der Waals surface area contributed by atoms with Gasteiger partial charge in [-0.3, -0.25) is 9.78 Å². The second-order valence-electron chi connectivity index (χ2n) is 5.92. The van der Waals surface area contributed by atoms with Crippen LogP contribution in [0.4, 0.5) is 0 Å². The quantitative estimate of drug-likeness (QED) is 0.782. The zero-order valence-corrected chi connectivity index (χ0v) is 13.1. The first kappa shape index (κ1) is 15.7. The van der Waals surface area contributed by atoms with Crippen molar-refractivity contribution in [2.45, 2.75) is 45.3 Å². The van der Waals surface area contributed by atoms with Gasteiger partial charge < -0.3 is 9.64 Å². The molecule has 0 bridgehead atoms. The number of nitrogens with zero attached hydrogens (tertiary/aromatic N) is 3. The first-order valence-corrected chi connectivity index (χ1v) is 7.17. The molecule has 0 N–H and O–H groups in total. The fraction of sp³-hybridized carbons (Fsp3) is 0.571. The number of esters is 1. The molecule has 1 fully saturated rings. The van der Waals surface area contributed by atoms with Gasteiger partial charge in [-0.2, -0.15) is 0 Å². The highest BCUT2D eigenvalue weighted by Crippen LogP contribution is 2.23. The Morgan fingerprint density at radius 3 is 2.71 bits per heavy atom. The Bertz CT molecular complexity index is 557. The molecule has 2 rings (SSSR count). The van der Waals surface area contributed by atoms with E-state index in [2.05, 4.69) is 9.97 Å². The lowest BCUT2D eigenvalue weighted by atomic mass is 10.1. The number of rotatable bonds is 2. The molecule has 21 heavy (non-hydrogen) atoms. The molecule has 2 heterocycles. The second kappa shape index (κ2) is 5.97. The molecular formula is C14H18ClN3O3. The summed E-state index contributed by atoms with van der Waals surface area (Å²) >= 11 is 5.75. The van der Waals surface area contributed by atoms with Crippen LogP contribution in [0, 0.1) is 0 Å². The lowest BCUT2D eigenvalue weighted by molar-refractivity contribution is -0.159. The van der Waals surface area contributed by atoms with Gasteiger partial charge in [0.2, 0.25) is 0 Å². The van der Waals surface area contributed by atoms with Gasteiger partial charge in [-0.05, 0) is 33.6 Å². The van der Waals surface area contributed by atoms with Crippen molar-refractivity contribution in [3.05, 3.63) is 23.2 Å². The Morgan fingerprint density at radius 2 is 2.10 bits per heavy atom. The number of hydrogen-bond donors (Lipinski definition) is 0. The van der Waals surface area contributed by atoms with Gasteiger partial charge in [-0.25, -0.2) is 9.78 Å². The number of carbonyl (C=O) groups is 2. The third kappa shape index (κ3) is 3.91. The molecule has 1 aliphatic rings. The lowest BCUT2D eigenvalue weighted by Gasteiger charge is -2.27. The topological polar surface area (TPSA) is 72.4 Å². The maximum Gasteiger partial charge on any atom is 0.329 e. The maximum absolute atomic E-state index is 12.4. The average molecular weight is 312 g/mol. The number of carbonyl (C=O) groups excluding carboxylic acids is 2. The van der Waals surface area contributed by atoms with E-state index in [1.807, 2.05) is 0 Å². The molecule has 0 aliphatic carbocycles. The molecule has 7 heteroatoms. The zero-order valence-electron chi connectivity index (χ0n) is 12.3. The van der Waals surface area contributed by atoms with Gasteiger partial charge >= 0.3 is 5.97 Å². The number of ether oxygens (including phenoxy) is 1. The molecule has 0 unspecified atom stereocenters. The summed E-state index contributed by atoms with van der Waals surface area (Å²) in [6, 6.07) is -0.572. The standard InChI is InChI=1S/C14H18ClN3O3/c1-14(2,3)21-13(20)10-5-4-6-18(10)12(19)9-7-16-8-11(15)17-9/h7-8,10H,4-6H2,1-3H3/t10-/m0/s1. The van der Waals surface area contributed by atoms with E-state index in [9.17, 15) is 9.59 Å². The Hall–Kier alpha value is -1.69. The highest BCUT2D eigenvalue weighted by molar-refractivity contribution is 6.29. The van der Waals surface area contributed by atoms with Gasteiger partial charge in [0, 0.05) is 6.54 Å². The molecule has 0 radical (unpaired) electrons. The van der Waals surface area contributed by atoms with E-state index in [0.717, 1.165) is 6.42 Å². The predicted molar refractivity (Wildman–Crippen MR) is 76.9 cm³/mol. The maximum atomic E-state index is 12.4. The first-order valence-electron chi connectivity index (χ1n) is 6.79. The third-order valence-corrected chi connectivity index (χ3v) is 3.20. The third-order valence-electron chi connectivity index (χ3n) is 3.02. The largest absolute Gasteiger partial charge is 0.458 e. The van der Waals surface area contributed by atoms with E-state index in [1.54, 1.807) is 20.8 Å². The van der Waals surface area contributed by atoms with E-state index < -0.39 is 11.6 Å². The van der Waals surface area contributed by atoms with E-state index in [4.69, 9.17) is 16.3 Å². The number of aromatic nitrogens is 2. The van der Waals surface area contributed by atoms with Crippen LogP contribution >= 0.6 is 11.6 Å². The van der Waals surface area contributed by atoms with E-state index in [0.29, 0.717) is 13.0 Å². The van der Waals surface area contributed by atoms with Gasteiger partial charge in [0.1, 0.15) is 22.5 Å². The van der Waals surface area contributed by atoms with Crippen molar-refractivity contribution < 1.29 is 14.3 Å². The van der Waals surface area contributed by atoms with Crippen molar-refractivity contribution >= 4 is 23.5 Å². The molecule has 0 spiro atoms. The summed E-state index contributed by atoms with van der Waals surface area (Å²) in [6.07, 6.45) is 4.05. The Kier molecular flexibility index (Phi) is 4.46. The first-order chi connectivity index (χ1) is 9.78. The number of hydrogen-bond acceptors (Lipinski definition) is 5. The SMILES string of the molecule is CC(C)(C)OC(=O)[C@@H]1CCCN1C(=O)c1cncc(Cl)n1. The monoisotopic (exact) mass is 311 g/mol. The van der Waals surface area contributed by atoms with Crippen LogP contribution in [0.15, 0.2) is 12.4 Å². The van der Waals surface area contributed by atoms with Crippen molar-refractivity contribution in [3.63, 3.8) is 0 Å².